The van der Waals surface area contributed by atoms with Crippen LogP contribution in [0.3, 0.4) is 0 Å². The number of carbonyl (C=O) groups is 2. The van der Waals surface area contributed by atoms with Crippen molar-refractivity contribution in [2.45, 2.75) is 58.4 Å². The minimum Gasteiger partial charge on any atom is -0.372 e. The molecule has 0 aromatic carbocycles. The molecule has 1 fully saturated rings. The number of pyridine rings is 2. The van der Waals surface area contributed by atoms with E-state index in [2.05, 4.69) is 30.2 Å². The Labute approximate surface area is 260 Å². The Balaban J connectivity index is 1.24. The van der Waals surface area contributed by atoms with Crippen molar-refractivity contribution in [1.82, 2.24) is 35.0 Å². The molecule has 0 atom stereocenters. The third-order valence-electron chi connectivity index (χ3n) is 8.25. The first kappa shape index (κ1) is 31.4. The first-order valence-corrected chi connectivity index (χ1v) is 15.0. The topological polar surface area (TPSA) is 171 Å². The number of carbonyl (C=O) groups excluding carboxylic acids is 2. The highest BCUT2D eigenvalue weighted by Gasteiger charge is 2.26. The van der Waals surface area contributed by atoms with E-state index in [0.29, 0.717) is 53.8 Å². The molecule has 0 aliphatic heterocycles. The van der Waals surface area contributed by atoms with Gasteiger partial charge in [0.05, 0.1) is 17.4 Å². The van der Waals surface area contributed by atoms with Gasteiger partial charge >= 0.3 is 0 Å². The number of hydrogen-bond donors (Lipinski definition) is 3. The highest BCUT2D eigenvalue weighted by atomic mass is 16.5. The standard InChI is InChI=1S/C31H38N10O4/c1-19-24-18-33-30(37-28(24)41(22-7-5-6-8-22)29(44)27(19)20(2)42)36-25-11-10-23(17-32-25)39(3)13-14-40(4)31-34-15-21(16-35-31)9-12-26(43)38-45/h10-11,15-18,22,45H,5-9,12-14H2,1-4H3,(H,38,43)(H,32,33,36,37). The summed E-state index contributed by atoms with van der Waals surface area (Å²) in [5.74, 6) is 0.742. The molecule has 1 amide bonds. The fourth-order valence-corrected chi connectivity index (χ4v) is 5.63. The summed E-state index contributed by atoms with van der Waals surface area (Å²) >= 11 is 0. The number of hydroxylamine groups is 1. The number of rotatable bonds is 12. The molecule has 0 radical (unpaired) electrons. The van der Waals surface area contributed by atoms with Crippen LogP contribution in [0.2, 0.25) is 0 Å². The Bertz CT molecular complexity index is 1740. The molecular formula is C31H38N10O4. The van der Waals surface area contributed by atoms with Gasteiger partial charge in [-0.05, 0) is 56.4 Å². The van der Waals surface area contributed by atoms with Crippen LogP contribution in [-0.4, -0.2) is 73.6 Å². The van der Waals surface area contributed by atoms with Crippen LogP contribution in [0.15, 0.2) is 41.7 Å². The molecule has 0 unspecified atom stereocenters. The van der Waals surface area contributed by atoms with Gasteiger partial charge in [-0.1, -0.05) is 12.8 Å². The number of hydrogen-bond acceptors (Lipinski definition) is 12. The molecule has 0 saturated heterocycles. The highest BCUT2D eigenvalue weighted by molar-refractivity contribution is 5.99. The Morgan fingerprint density at radius 1 is 1.00 bits per heavy atom. The van der Waals surface area contributed by atoms with Crippen molar-refractivity contribution in [3.8, 4) is 0 Å². The molecule has 4 aromatic rings. The first-order valence-electron chi connectivity index (χ1n) is 15.0. The van der Waals surface area contributed by atoms with Gasteiger partial charge < -0.3 is 15.1 Å². The lowest BCUT2D eigenvalue weighted by Crippen LogP contribution is -2.31. The number of nitrogens with zero attached hydrogens (tertiary/aromatic N) is 8. The lowest BCUT2D eigenvalue weighted by atomic mass is 10.0. The van der Waals surface area contributed by atoms with Crippen LogP contribution in [0.25, 0.3) is 11.0 Å². The number of Topliss-reactive ketones (excluding diaryl/α,β-unsaturated/α-hetero) is 1. The van der Waals surface area contributed by atoms with Crippen LogP contribution in [-0.2, 0) is 11.2 Å². The number of ketones is 1. The third-order valence-corrected chi connectivity index (χ3v) is 8.25. The molecule has 1 saturated carbocycles. The van der Waals surface area contributed by atoms with Crippen LogP contribution in [0.5, 0.6) is 0 Å². The monoisotopic (exact) mass is 614 g/mol. The Hall–Kier alpha value is -4.98. The summed E-state index contributed by atoms with van der Waals surface area (Å²) in [7, 11) is 3.88. The van der Waals surface area contributed by atoms with Gasteiger partial charge in [-0.25, -0.2) is 25.4 Å². The predicted molar refractivity (Wildman–Crippen MR) is 170 cm³/mol. The van der Waals surface area contributed by atoms with Crippen LogP contribution in [0, 0.1) is 6.92 Å². The predicted octanol–water partition coefficient (Wildman–Crippen LogP) is 3.36. The summed E-state index contributed by atoms with van der Waals surface area (Å²) < 4.78 is 1.69. The largest absolute Gasteiger partial charge is 0.372 e. The average Bonchev–Trinajstić information content (AvgIpc) is 3.57. The van der Waals surface area contributed by atoms with Crippen LogP contribution in [0.1, 0.15) is 66.6 Å². The summed E-state index contributed by atoms with van der Waals surface area (Å²) in [6.45, 7) is 4.54. The van der Waals surface area contributed by atoms with Gasteiger partial charge in [0.15, 0.2) is 5.78 Å². The van der Waals surface area contributed by atoms with E-state index in [-0.39, 0.29) is 29.4 Å². The summed E-state index contributed by atoms with van der Waals surface area (Å²) in [5.41, 5.74) is 4.39. The number of anilines is 4. The van der Waals surface area contributed by atoms with Gasteiger partial charge in [0, 0.05) is 63.6 Å². The van der Waals surface area contributed by atoms with Crippen molar-refractivity contribution < 1.29 is 14.8 Å². The minimum atomic E-state index is -0.453. The number of aromatic nitrogens is 6. The van der Waals surface area contributed by atoms with Crippen molar-refractivity contribution in [3.05, 3.63) is 64.0 Å². The Kier molecular flexibility index (Phi) is 9.62. The van der Waals surface area contributed by atoms with Gasteiger partial charge in [0.2, 0.25) is 17.8 Å². The van der Waals surface area contributed by atoms with E-state index in [1.165, 1.54) is 6.92 Å². The number of likely N-dealkylation sites (N-methyl/N-ethyl adjacent to an activating group) is 2. The molecule has 236 valence electrons. The van der Waals surface area contributed by atoms with E-state index >= 15 is 0 Å². The molecule has 1 aliphatic carbocycles. The van der Waals surface area contributed by atoms with Gasteiger partial charge in [0.25, 0.3) is 5.56 Å². The van der Waals surface area contributed by atoms with Gasteiger partial charge in [-0.3, -0.25) is 24.2 Å². The number of aryl methyl sites for hydroxylation is 2. The molecule has 3 N–H and O–H groups in total. The fourth-order valence-electron chi connectivity index (χ4n) is 5.63. The van der Waals surface area contributed by atoms with E-state index in [4.69, 9.17) is 10.2 Å². The molecule has 1 aliphatic rings. The minimum absolute atomic E-state index is 0.00599. The molecule has 4 aromatic heterocycles. The van der Waals surface area contributed by atoms with Gasteiger partial charge in [-0.15, -0.1) is 0 Å². The Morgan fingerprint density at radius 2 is 1.71 bits per heavy atom. The van der Waals surface area contributed by atoms with Crippen LogP contribution >= 0.6 is 0 Å². The normalized spacial score (nSPS) is 13.2. The second-order valence-electron chi connectivity index (χ2n) is 11.4. The van der Waals surface area contributed by atoms with Crippen molar-refractivity contribution >= 4 is 46.1 Å². The maximum absolute atomic E-state index is 13.5. The highest BCUT2D eigenvalue weighted by Crippen LogP contribution is 2.32. The average molecular weight is 615 g/mol. The van der Waals surface area contributed by atoms with E-state index < -0.39 is 5.91 Å². The SMILES string of the molecule is CC(=O)c1c(C)c2cnc(Nc3ccc(N(C)CCN(C)c4ncc(CCC(=O)NO)cn4)cn3)nc2n(C2CCCC2)c1=O. The molecule has 45 heavy (non-hydrogen) atoms. The fraction of sp³-hybridized carbons (Fsp3) is 0.419. The summed E-state index contributed by atoms with van der Waals surface area (Å²) in [6.07, 6.45) is 11.2. The summed E-state index contributed by atoms with van der Waals surface area (Å²) in [4.78, 5) is 63.6. The van der Waals surface area contributed by atoms with Crippen LogP contribution in [0.4, 0.5) is 23.4 Å². The molecule has 14 heteroatoms. The van der Waals surface area contributed by atoms with Crippen LogP contribution < -0.4 is 26.2 Å². The zero-order valence-corrected chi connectivity index (χ0v) is 25.9. The lowest BCUT2D eigenvalue weighted by Gasteiger charge is -2.23. The van der Waals surface area contributed by atoms with Crippen molar-refractivity contribution in [1.29, 1.82) is 0 Å². The molecule has 0 spiro atoms. The second-order valence-corrected chi connectivity index (χ2v) is 11.4. The maximum atomic E-state index is 13.5. The molecular weight excluding hydrogens is 576 g/mol. The van der Waals surface area contributed by atoms with E-state index in [0.717, 1.165) is 36.9 Å². The second kappa shape index (κ2) is 13.8. The van der Waals surface area contributed by atoms with Crippen molar-refractivity contribution in [3.63, 3.8) is 0 Å². The number of fused-ring (bicyclic) bond motifs is 1. The zero-order chi connectivity index (χ0) is 32.1. The van der Waals surface area contributed by atoms with Gasteiger partial charge in [0.1, 0.15) is 11.5 Å². The smallest absolute Gasteiger partial charge is 0.263 e. The number of amides is 1. The quantitative estimate of drug-likeness (QED) is 0.121. The molecule has 4 heterocycles. The maximum Gasteiger partial charge on any atom is 0.263 e. The van der Waals surface area contributed by atoms with E-state index in [1.807, 2.05) is 31.1 Å². The molecule has 5 rings (SSSR count). The summed E-state index contributed by atoms with van der Waals surface area (Å²) in [6, 6.07) is 3.80. The molecule has 14 nitrogen and oxygen atoms in total. The molecule has 0 bridgehead atoms. The first-order chi connectivity index (χ1) is 21.7. The third kappa shape index (κ3) is 7.06. The van der Waals surface area contributed by atoms with E-state index in [1.54, 1.807) is 41.8 Å². The Morgan fingerprint density at radius 3 is 2.36 bits per heavy atom. The van der Waals surface area contributed by atoms with E-state index in [9.17, 15) is 14.4 Å². The van der Waals surface area contributed by atoms with Crippen molar-refractivity contribution in [2.24, 2.45) is 0 Å². The van der Waals surface area contributed by atoms with Gasteiger partial charge in [-0.2, -0.15) is 4.98 Å². The number of nitrogens with one attached hydrogen (secondary N) is 2. The zero-order valence-electron chi connectivity index (χ0n) is 25.9. The van der Waals surface area contributed by atoms with Crippen molar-refractivity contribution in [2.75, 3.05) is 42.3 Å². The lowest BCUT2D eigenvalue weighted by molar-refractivity contribution is -0.129. The summed E-state index contributed by atoms with van der Waals surface area (Å²) in [5, 5.41) is 12.5.